The summed E-state index contributed by atoms with van der Waals surface area (Å²) in [6.07, 6.45) is 4.00. The van der Waals surface area contributed by atoms with Gasteiger partial charge in [-0.2, -0.15) is 0 Å². The lowest BCUT2D eigenvalue weighted by molar-refractivity contribution is -0.136. The van der Waals surface area contributed by atoms with Gasteiger partial charge in [0.05, 0.1) is 6.42 Å². The maximum atomic E-state index is 9.82. The van der Waals surface area contributed by atoms with E-state index < -0.39 is 5.97 Å². The van der Waals surface area contributed by atoms with E-state index in [1.165, 1.54) is 12.2 Å². The molecule has 0 amide bonds. The first-order chi connectivity index (χ1) is 4.27. The molecule has 9 heavy (non-hydrogen) atoms. The van der Waals surface area contributed by atoms with Crippen molar-refractivity contribution in [3.8, 4) is 0 Å². The minimum absolute atomic E-state index is 0.00611. The minimum atomic E-state index is -0.878. The molecule has 50 valence electrons. The molecule has 0 aliphatic carbocycles. The van der Waals surface area contributed by atoms with Crippen LogP contribution in [0, 0.1) is 0 Å². The van der Waals surface area contributed by atoms with E-state index in [9.17, 15) is 9.59 Å². The van der Waals surface area contributed by atoms with Gasteiger partial charge in [-0.25, -0.2) is 0 Å². The first kappa shape index (κ1) is 7.88. The lowest BCUT2D eigenvalue weighted by Crippen LogP contribution is -1.89. The largest absolute Gasteiger partial charge is 0.481 e. The van der Waals surface area contributed by atoms with E-state index in [2.05, 4.69) is 0 Å². The van der Waals surface area contributed by atoms with E-state index in [4.69, 9.17) is 5.11 Å². The van der Waals surface area contributed by atoms with Crippen molar-refractivity contribution in [1.29, 1.82) is 0 Å². The fourth-order valence-corrected chi connectivity index (χ4v) is 0.336. The van der Waals surface area contributed by atoms with E-state index in [-0.39, 0.29) is 6.42 Å². The van der Waals surface area contributed by atoms with Crippen LogP contribution in [0.1, 0.15) is 12.8 Å². The van der Waals surface area contributed by atoms with Crippen LogP contribution < -0.4 is 0 Å². The van der Waals surface area contributed by atoms with E-state index >= 15 is 0 Å². The van der Waals surface area contributed by atoms with Crippen LogP contribution in [-0.4, -0.2) is 17.4 Å². The van der Waals surface area contributed by atoms with Gasteiger partial charge in [-0.05, 0) is 0 Å². The molecule has 0 saturated carbocycles. The van der Waals surface area contributed by atoms with Crippen LogP contribution in [0.3, 0.4) is 0 Å². The highest BCUT2D eigenvalue weighted by atomic mass is 16.4. The van der Waals surface area contributed by atoms with Gasteiger partial charge in [0.1, 0.15) is 6.29 Å². The van der Waals surface area contributed by atoms with Gasteiger partial charge in [0.2, 0.25) is 0 Å². The van der Waals surface area contributed by atoms with E-state index in [1.807, 2.05) is 0 Å². The van der Waals surface area contributed by atoms with Crippen molar-refractivity contribution < 1.29 is 14.7 Å². The molecule has 3 nitrogen and oxygen atoms in total. The summed E-state index contributed by atoms with van der Waals surface area (Å²) in [5.41, 5.74) is 0. The minimum Gasteiger partial charge on any atom is -0.481 e. The Hall–Kier alpha value is -1.12. The number of aliphatic carboxylic acids is 1. The number of carbonyl (C=O) groups is 2. The van der Waals surface area contributed by atoms with E-state index in [1.54, 1.807) is 0 Å². The fourth-order valence-electron chi connectivity index (χ4n) is 0.336. The molecule has 0 saturated heterocycles. The molecule has 0 unspecified atom stereocenters. The van der Waals surface area contributed by atoms with Crippen molar-refractivity contribution in [2.45, 2.75) is 12.8 Å². The van der Waals surface area contributed by atoms with Gasteiger partial charge in [-0.3, -0.25) is 4.79 Å². The number of aldehydes is 1. The van der Waals surface area contributed by atoms with Crippen LogP contribution in [0.15, 0.2) is 12.2 Å². The van der Waals surface area contributed by atoms with Crippen molar-refractivity contribution in [1.82, 2.24) is 0 Å². The number of carboxylic acid groups (broad SMARTS) is 1. The first-order valence-electron chi connectivity index (χ1n) is 2.58. The Morgan fingerprint density at radius 2 is 2.11 bits per heavy atom. The van der Waals surface area contributed by atoms with Crippen LogP contribution in [0.4, 0.5) is 0 Å². The van der Waals surface area contributed by atoms with Crippen LogP contribution in [0.2, 0.25) is 0 Å². The number of carboxylic acids is 1. The molecule has 0 fully saturated rings. The van der Waals surface area contributed by atoms with Gasteiger partial charge >= 0.3 is 5.97 Å². The summed E-state index contributed by atoms with van der Waals surface area (Å²) >= 11 is 0. The molecular weight excluding hydrogens is 120 g/mol. The van der Waals surface area contributed by atoms with Crippen LogP contribution in [0.25, 0.3) is 0 Å². The predicted molar refractivity (Wildman–Crippen MR) is 32.1 cm³/mol. The summed E-state index contributed by atoms with van der Waals surface area (Å²) in [7, 11) is 0. The van der Waals surface area contributed by atoms with Gasteiger partial charge in [0.25, 0.3) is 0 Å². The molecular formula is C6H8O3. The molecule has 0 aliphatic heterocycles. The summed E-state index contributed by atoms with van der Waals surface area (Å²) in [4.78, 5) is 19.5. The predicted octanol–water partition coefficient (Wildman–Crippen LogP) is 0.606. The lowest BCUT2D eigenvalue weighted by Gasteiger charge is -1.79. The Bertz CT molecular complexity index is 126. The Morgan fingerprint density at radius 1 is 1.44 bits per heavy atom. The average Bonchev–Trinajstić information content (AvgIpc) is 1.80. The highest BCUT2D eigenvalue weighted by molar-refractivity contribution is 5.68. The third kappa shape index (κ3) is 6.88. The van der Waals surface area contributed by atoms with Gasteiger partial charge in [-0.1, -0.05) is 12.2 Å². The summed E-state index contributed by atoms with van der Waals surface area (Å²) in [5, 5.41) is 8.07. The van der Waals surface area contributed by atoms with Crippen LogP contribution in [0.5, 0.6) is 0 Å². The topological polar surface area (TPSA) is 54.4 Å². The standard InChI is InChI=1S/C6H8O3/c7-5-3-1-2-4-6(8)9/h1-2,5H,3-4H2,(H,8,9)/b2-1-. The Balaban J connectivity index is 3.24. The van der Waals surface area contributed by atoms with E-state index in [0.717, 1.165) is 6.29 Å². The maximum Gasteiger partial charge on any atom is 0.307 e. The molecule has 0 aromatic carbocycles. The van der Waals surface area contributed by atoms with E-state index in [0.29, 0.717) is 6.42 Å². The monoisotopic (exact) mass is 128 g/mol. The van der Waals surface area contributed by atoms with Crippen molar-refractivity contribution in [2.24, 2.45) is 0 Å². The zero-order valence-corrected chi connectivity index (χ0v) is 4.91. The second kappa shape index (κ2) is 5.03. The number of hydrogen-bond donors (Lipinski definition) is 1. The van der Waals surface area contributed by atoms with Gasteiger partial charge in [0, 0.05) is 6.42 Å². The number of carbonyl (C=O) groups excluding carboxylic acids is 1. The molecule has 0 bridgehead atoms. The molecule has 3 heteroatoms. The SMILES string of the molecule is O=CC/C=C\CC(=O)O. The van der Waals surface area contributed by atoms with Crippen molar-refractivity contribution >= 4 is 12.3 Å². The second-order valence-corrected chi connectivity index (χ2v) is 1.47. The second-order valence-electron chi connectivity index (χ2n) is 1.47. The number of hydrogen-bond acceptors (Lipinski definition) is 2. The third-order valence-electron chi connectivity index (χ3n) is 0.691. The molecule has 0 rings (SSSR count). The third-order valence-corrected chi connectivity index (χ3v) is 0.691. The summed E-state index contributed by atoms with van der Waals surface area (Å²) in [5.74, 6) is -0.878. The summed E-state index contributed by atoms with van der Waals surface area (Å²) in [6.45, 7) is 0. The molecule has 0 atom stereocenters. The normalized spacial score (nSPS) is 9.78. The molecule has 0 aromatic heterocycles. The quantitative estimate of drug-likeness (QED) is 0.445. The highest BCUT2D eigenvalue weighted by Crippen LogP contribution is 1.83. The van der Waals surface area contributed by atoms with Crippen LogP contribution in [-0.2, 0) is 9.59 Å². The molecule has 0 aliphatic rings. The molecule has 0 heterocycles. The molecule has 1 N–H and O–H groups in total. The van der Waals surface area contributed by atoms with Gasteiger partial charge < -0.3 is 9.90 Å². The Morgan fingerprint density at radius 3 is 2.56 bits per heavy atom. The fraction of sp³-hybridized carbons (Fsp3) is 0.333. The van der Waals surface area contributed by atoms with Crippen molar-refractivity contribution in [2.75, 3.05) is 0 Å². The summed E-state index contributed by atoms with van der Waals surface area (Å²) < 4.78 is 0. The molecule has 0 aromatic rings. The zero-order chi connectivity index (χ0) is 7.11. The smallest absolute Gasteiger partial charge is 0.307 e. The first-order valence-corrected chi connectivity index (χ1v) is 2.58. The van der Waals surface area contributed by atoms with Gasteiger partial charge in [0.15, 0.2) is 0 Å². The van der Waals surface area contributed by atoms with Crippen LogP contribution >= 0.6 is 0 Å². The number of allylic oxidation sites excluding steroid dienone is 1. The van der Waals surface area contributed by atoms with Crippen molar-refractivity contribution in [3.05, 3.63) is 12.2 Å². The highest BCUT2D eigenvalue weighted by Gasteiger charge is 1.86. The Labute approximate surface area is 53.0 Å². The number of rotatable bonds is 4. The van der Waals surface area contributed by atoms with Gasteiger partial charge in [-0.15, -0.1) is 0 Å². The zero-order valence-electron chi connectivity index (χ0n) is 4.91. The lowest BCUT2D eigenvalue weighted by atomic mass is 10.3. The average molecular weight is 128 g/mol. The Kier molecular flexibility index (Phi) is 4.40. The van der Waals surface area contributed by atoms with Crippen molar-refractivity contribution in [3.63, 3.8) is 0 Å². The maximum absolute atomic E-state index is 9.82. The summed E-state index contributed by atoms with van der Waals surface area (Å²) in [6, 6.07) is 0. The molecule has 0 radical (unpaired) electrons. The molecule has 0 spiro atoms.